The van der Waals surface area contributed by atoms with Gasteiger partial charge in [0.15, 0.2) is 0 Å². The van der Waals surface area contributed by atoms with Crippen LogP contribution in [0.3, 0.4) is 0 Å². The second-order valence-electron chi connectivity index (χ2n) is 2.42. The smallest absolute Gasteiger partial charge is 0.225 e. The maximum atomic E-state index is 10.9. The van der Waals surface area contributed by atoms with Gasteiger partial charge < -0.3 is 10.4 Å². The molecule has 0 aliphatic heterocycles. The van der Waals surface area contributed by atoms with E-state index in [0.717, 1.165) is 0 Å². The van der Waals surface area contributed by atoms with Gasteiger partial charge in [-0.15, -0.1) is 0 Å². The molecule has 60 valence electrons. The van der Waals surface area contributed by atoms with Gasteiger partial charge in [-0.25, -0.2) is 0 Å². The maximum absolute atomic E-state index is 10.9. The summed E-state index contributed by atoms with van der Waals surface area (Å²) in [4.78, 5) is 10.9. The highest BCUT2D eigenvalue weighted by molar-refractivity contribution is 5.78. The van der Waals surface area contributed by atoms with Crippen molar-refractivity contribution in [1.29, 1.82) is 0 Å². The molecule has 2 unspecified atom stereocenters. The molecule has 0 bridgehead atoms. The molecule has 0 aliphatic carbocycles. The summed E-state index contributed by atoms with van der Waals surface area (Å²) in [5, 5.41) is 11.6. The van der Waals surface area contributed by atoms with Crippen molar-refractivity contribution in [3.05, 3.63) is 0 Å². The number of nitrogens with one attached hydrogen (secondary N) is 1. The molecule has 0 aromatic heterocycles. The average Bonchev–Trinajstić information content (AvgIpc) is 1.87. The molecule has 0 fully saturated rings. The zero-order valence-corrected chi connectivity index (χ0v) is 6.72. The van der Waals surface area contributed by atoms with E-state index in [1.807, 2.05) is 6.92 Å². The minimum atomic E-state index is -0.563. The van der Waals surface area contributed by atoms with Crippen molar-refractivity contribution in [1.82, 2.24) is 5.32 Å². The molecule has 0 spiro atoms. The Labute approximate surface area is 61.4 Å². The second-order valence-corrected chi connectivity index (χ2v) is 2.42. The van der Waals surface area contributed by atoms with E-state index >= 15 is 0 Å². The SMILES string of the molecule is CCNC(=O)C(C)C(C)O. The van der Waals surface area contributed by atoms with Crippen molar-refractivity contribution in [3.63, 3.8) is 0 Å². The fourth-order valence-corrected chi connectivity index (χ4v) is 0.554. The number of aliphatic hydroxyl groups is 1. The van der Waals surface area contributed by atoms with Crippen LogP contribution in [0.1, 0.15) is 20.8 Å². The number of carbonyl (C=O) groups is 1. The third-order valence-corrected chi connectivity index (χ3v) is 1.49. The summed E-state index contributed by atoms with van der Waals surface area (Å²) in [6.07, 6.45) is -0.563. The monoisotopic (exact) mass is 145 g/mol. The van der Waals surface area contributed by atoms with Gasteiger partial charge in [-0.05, 0) is 13.8 Å². The van der Waals surface area contributed by atoms with Gasteiger partial charge in [-0.3, -0.25) is 4.79 Å². The molecule has 3 heteroatoms. The lowest BCUT2D eigenvalue weighted by atomic mass is 10.1. The average molecular weight is 145 g/mol. The lowest BCUT2D eigenvalue weighted by Crippen LogP contribution is -2.34. The quantitative estimate of drug-likeness (QED) is 0.593. The van der Waals surface area contributed by atoms with Gasteiger partial charge in [0.25, 0.3) is 0 Å². The Bertz CT molecular complexity index is 112. The molecule has 3 nitrogen and oxygen atoms in total. The van der Waals surface area contributed by atoms with Crippen LogP contribution < -0.4 is 5.32 Å². The van der Waals surface area contributed by atoms with Crippen LogP contribution in [0.25, 0.3) is 0 Å². The van der Waals surface area contributed by atoms with Crippen LogP contribution in [-0.4, -0.2) is 23.7 Å². The summed E-state index contributed by atoms with van der Waals surface area (Å²) in [5.74, 6) is -0.391. The Kier molecular flexibility index (Phi) is 4.03. The molecule has 0 saturated carbocycles. The van der Waals surface area contributed by atoms with Crippen molar-refractivity contribution < 1.29 is 9.90 Å². The van der Waals surface area contributed by atoms with E-state index in [1.54, 1.807) is 13.8 Å². The fourth-order valence-electron chi connectivity index (χ4n) is 0.554. The first-order chi connectivity index (χ1) is 4.59. The lowest BCUT2D eigenvalue weighted by molar-refractivity contribution is -0.127. The van der Waals surface area contributed by atoms with Crippen molar-refractivity contribution in [2.75, 3.05) is 6.54 Å². The molecule has 0 heterocycles. The van der Waals surface area contributed by atoms with E-state index in [0.29, 0.717) is 6.54 Å². The van der Waals surface area contributed by atoms with Gasteiger partial charge >= 0.3 is 0 Å². The van der Waals surface area contributed by atoms with Crippen molar-refractivity contribution in [2.24, 2.45) is 5.92 Å². The molecule has 0 aromatic rings. The number of hydrogen-bond donors (Lipinski definition) is 2. The van der Waals surface area contributed by atoms with E-state index in [-0.39, 0.29) is 11.8 Å². The first kappa shape index (κ1) is 9.43. The first-order valence-corrected chi connectivity index (χ1v) is 3.55. The largest absolute Gasteiger partial charge is 0.393 e. The highest BCUT2D eigenvalue weighted by Crippen LogP contribution is 2.00. The molecule has 10 heavy (non-hydrogen) atoms. The third-order valence-electron chi connectivity index (χ3n) is 1.49. The first-order valence-electron chi connectivity index (χ1n) is 3.55. The maximum Gasteiger partial charge on any atom is 0.225 e. The molecule has 2 N–H and O–H groups in total. The van der Waals surface area contributed by atoms with Crippen LogP contribution in [0.2, 0.25) is 0 Å². The van der Waals surface area contributed by atoms with E-state index in [4.69, 9.17) is 5.11 Å². The number of rotatable bonds is 3. The zero-order chi connectivity index (χ0) is 8.15. The number of carbonyl (C=O) groups excluding carboxylic acids is 1. The zero-order valence-electron chi connectivity index (χ0n) is 6.72. The Morgan fingerprint density at radius 2 is 2.10 bits per heavy atom. The highest BCUT2D eigenvalue weighted by Gasteiger charge is 2.16. The van der Waals surface area contributed by atoms with Gasteiger partial charge in [-0.1, -0.05) is 6.92 Å². The standard InChI is InChI=1S/C7H15NO2/c1-4-8-7(10)5(2)6(3)9/h5-6,9H,4H2,1-3H3,(H,8,10). The normalized spacial score (nSPS) is 16.0. The summed E-state index contributed by atoms with van der Waals surface area (Å²) in [6, 6.07) is 0. The van der Waals surface area contributed by atoms with Gasteiger partial charge in [0.2, 0.25) is 5.91 Å². The Morgan fingerprint density at radius 3 is 2.40 bits per heavy atom. The van der Waals surface area contributed by atoms with Gasteiger partial charge in [0.1, 0.15) is 0 Å². The molecule has 0 radical (unpaired) electrons. The lowest BCUT2D eigenvalue weighted by Gasteiger charge is -2.12. The van der Waals surface area contributed by atoms with Crippen LogP contribution >= 0.6 is 0 Å². The van der Waals surface area contributed by atoms with E-state index in [1.165, 1.54) is 0 Å². The van der Waals surface area contributed by atoms with Crippen molar-refractivity contribution in [2.45, 2.75) is 26.9 Å². The molecule has 2 atom stereocenters. The molecular formula is C7H15NO2. The van der Waals surface area contributed by atoms with Gasteiger partial charge in [0.05, 0.1) is 12.0 Å². The summed E-state index contributed by atoms with van der Waals surface area (Å²) >= 11 is 0. The molecule has 0 saturated heterocycles. The van der Waals surface area contributed by atoms with Gasteiger partial charge in [-0.2, -0.15) is 0 Å². The molecular weight excluding hydrogens is 130 g/mol. The fraction of sp³-hybridized carbons (Fsp3) is 0.857. The predicted molar refractivity (Wildman–Crippen MR) is 39.5 cm³/mol. The molecule has 0 aromatic carbocycles. The number of amides is 1. The topological polar surface area (TPSA) is 49.3 Å². The summed E-state index contributed by atoms with van der Waals surface area (Å²) in [7, 11) is 0. The van der Waals surface area contributed by atoms with Crippen LogP contribution in [0.5, 0.6) is 0 Å². The van der Waals surface area contributed by atoms with Crippen molar-refractivity contribution >= 4 is 5.91 Å². The highest BCUT2D eigenvalue weighted by atomic mass is 16.3. The molecule has 0 rings (SSSR count). The molecule has 0 aliphatic rings. The van der Waals surface area contributed by atoms with Crippen LogP contribution in [-0.2, 0) is 4.79 Å². The van der Waals surface area contributed by atoms with Crippen LogP contribution in [0.15, 0.2) is 0 Å². The Hall–Kier alpha value is -0.570. The second kappa shape index (κ2) is 4.28. The van der Waals surface area contributed by atoms with E-state index < -0.39 is 6.10 Å². The summed E-state index contributed by atoms with van der Waals surface area (Å²) in [6.45, 7) is 5.79. The third kappa shape index (κ3) is 2.82. The Morgan fingerprint density at radius 1 is 1.60 bits per heavy atom. The van der Waals surface area contributed by atoms with Crippen molar-refractivity contribution in [3.8, 4) is 0 Å². The summed E-state index contributed by atoms with van der Waals surface area (Å²) in [5.41, 5.74) is 0. The van der Waals surface area contributed by atoms with E-state index in [2.05, 4.69) is 5.32 Å². The Balaban J connectivity index is 3.71. The summed E-state index contributed by atoms with van der Waals surface area (Å²) < 4.78 is 0. The van der Waals surface area contributed by atoms with Gasteiger partial charge in [0, 0.05) is 6.54 Å². The van der Waals surface area contributed by atoms with Crippen LogP contribution in [0, 0.1) is 5.92 Å². The minimum absolute atomic E-state index is 0.0856. The predicted octanol–water partition coefficient (Wildman–Crippen LogP) is 0.139. The van der Waals surface area contributed by atoms with E-state index in [9.17, 15) is 4.79 Å². The number of hydrogen-bond acceptors (Lipinski definition) is 2. The number of aliphatic hydroxyl groups excluding tert-OH is 1. The molecule has 1 amide bonds. The minimum Gasteiger partial charge on any atom is -0.393 e. The van der Waals surface area contributed by atoms with Crippen LogP contribution in [0.4, 0.5) is 0 Å².